The molecule has 1 unspecified atom stereocenters. The molecule has 6 heteroatoms. The topological polar surface area (TPSA) is 70.4 Å². The number of benzene rings is 2. The van der Waals surface area contributed by atoms with Crippen LogP contribution < -0.4 is 10.6 Å². The molecular formula is C26H28N4O2. The van der Waals surface area contributed by atoms with Crippen LogP contribution in [0.25, 0.3) is 16.7 Å². The van der Waals surface area contributed by atoms with Gasteiger partial charge < -0.3 is 15.2 Å². The quantitative estimate of drug-likeness (QED) is 0.594. The Morgan fingerprint density at radius 3 is 2.81 bits per heavy atom. The van der Waals surface area contributed by atoms with Crippen LogP contribution in [-0.4, -0.2) is 42.1 Å². The van der Waals surface area contributed by atoms with Crippen LogP contribution in [-0.2, 0) is 11.2 Å². The summed E-state index contributed by atoms with van der Waals surface area (Å²) in [5.74, 6) is 0.00364. The van der Waals surface area contributed by atoms with Gasteiger partial charge in [0.1, 0.15) is 12.0 Å². The van der Waals surface area contributed by atoms with Gasteiger partial charge in [0, 0.05) is 48.6 Å². The molecule has 1 amide bonds. The van der Waals surface area contributed by atoms with E-state index in [9.17, 15) is 4.79 Å². The second-order valence-electron chi connectivity index (χ2n) is 8.75. The number of carbonyl (C=O) groups is 1. The molecule has 32 heavy (non-hydrogen) atoms. The van der Waals surface area contributed by atoms with E-state index in [0.29, 0.717) is 0 Å². The van der Waals surface area contributed by atoms with Gasteiger partial charge in [-0.2, -0.15) is 0 Å². The third-order valence-electron chi connectivity index (χ3n) is 6.32. The van der Waals surface area contributed by atoms with Crippen LogP contribution in [0.5, 0.6) is 0 Å². The lowest BCUT2D eigenvalue weighted by molar-refractivity contribution is -0.110. The maximum atomic E-state index is 12.3. The van der Waals surface area contributed by atoms with Crippen molar-refractivity contribution in [2.45, 2.75) is 26.3 Å². The molecule has 1 saturated heterocycles. The molecule has 0 bridgehead atoms. The van der Waals surface area contributed by atoms with E-state index in [1.807, 2.05) is 38.1 Å². The van der Waals surface area contributed by atoms with Crippen molar-refractivity contribution in [3.8, 4) is 11.1 Å². The number of nitrogens with one attached hydrogen (secondary N) is 2. The van der Waals surface area contributed by atoms with Crippen molar-refractivity contribution in [2.24, 2.45) is 0 Å². The molecule has 0 spiro atoms. The molecule has 0 aliphatic carbocycles. The minimum absolute atomic E-state index is 0.00364. The normalized spacial score (nSPS) is 18.5. The van der Waals surface area contributed by atoms with Crippen LogP contribution in [0.15, 0.2) is 64.9 Å². The summed E-state index contributed by atoms with van der Waals surface area (Å²) in [6, 6.07) is 16.7. The third kappa shape index (κ3) is 3.99. The zero-order chi connectivity index (χ0) is 22.1. The smallest absolute Gasteiger partial charge is 0.256 e. The fourth-order valence-electron chi connectivity index (χ4n) is 4.68. The number of fused-ring (bicyclic) bond motifs is 1. The summed E-state index contributed by atoms with van der Waals surface area (Å²) >= 11 is 0. The van der Waals surface area contributed by atoms with Crippen molar-refractivity contribution < 1.29 is 9.32 Å². The molecule has 1 aromatic heterocycles. The van der Waals surface area contributed by atoms with Gasteiger partial charge in [0.25, 0.3) is 5.91 Å². The summed E-state index contributed by atoms with van der Waals surface area (Å²) in [4.78, 5) is 14.7. The highest BCUT2D eigenvalue weighted by molar-refractivity contribution is 6.32. The maximum Gasteiger partial charge on any atom is 0.256 e. The molecule has 3 aromatic rings. The lowest BCUT2D eigenvalue weighted by Gasteiger charge is -2.33. The number of rotatable bonds is 5. The predicted octanol–water partition coefficient (Wildman–Crippen LogP) is 4.28. The van der Waals surface area contributed by atoms with Crippen molar-refractivity contribution >= 4 is 17.2 Å². The van der Waals surface area contributed by atoms with Crippen molar-refractivity contribution in [3.63, 3.8) is 0 Å². The van der Waals surface area contributed by atoms with Crippen LogP contribution in [0.3, 0.4) is 0 Å². The molecule has 0 radical (unpaired) electrons. The van der Waals surface area contributed by atoms with E-state index in [1.54, 1.807) is 6.26 Å². The van der Waals surface area contributed by atoms with Gasteiger partial charge in [-0.05, 0) is 43.5 Å². The summed E-state index contributed by atoms with van der Waals surface area (Å²) in [6.45, 7) is 7.74. The molecule has 2 aliphatic rings. The Bertz CT molecular complexity index is 1160. The van der Waals surface area contributed by atoms with E-state index in [-0.39, 0.29) is 11.9 Å². The maximum absolute atomic E-state index is 12.3. The van der Waals surface area contributed by atoms with Crippen LogP contribution in [0.1, 0.15) is 36.7 Å². The summed E-state index contributed by atoms with van der Waals surface area (Å²) in [5, 5.41) is 10.9. The zero-order valence-electron chi connectivity index (χ0n) is 18.5. The third-order valence-corrected chi connectivity index (χ3v) is 6.32. The minimum atomic E-state index is 0.00364. The van der Waals surface area contributed by atoms with Crippen molar-refractivity contribution in [3.05, 3.63) is 77.2 Å². The number of aromatic nitrogens is 1. The molecule has 0 saturated carbocycles. The van der Waals surface area contributed by atoms with Crippen molar-refractivity contribution in [1.82, 2.24) is 15.4 Å². The van der Waals surface area contributed by atoms with Crippen molar-refractivity contribution in [2.75, 3.05) is 31.5 Å². The van der Waals surface area contributed by atoms with Gasteiger partial charge in [-0.1, -0.05) is 47.1 Å². The van der Waals surface area contributed by atoms with Gasteiger partial charge in [0.05, 0.1) is 6.04 Å². The van der Waals surface area contributed by atoms with Gasteiger partial charge in [-0.25, -0.2) is 0 Å². The highest BCUT2D eigenvalue weighted by atomic mass is 16.5. The molecule has 3 heterocycles. The minimum Gasteiger partial charge on any atom is -0.364 e. The van der Waals surface area contributed by atoms with E-state index in [2.05, 4.69) is 45.0 Å². The van der Waals surface area contributed by atoms with E-state index in [4.69, 9.17) is 4.52 Å². The number of anilines is 1. The SMILES string of the molecule is CC(C)=C1C(=O)Nc2ccc(CCN3CCNC(c4nocc4-c4ccccc4)C3)cc21. The first-order chi connectivity index (χ1) is 15.6. The second-order valence-corrected chi connectivity index (χ2v) is 8.75. The monoisotopic (exact) mass is 428 g/mol. The molecule has 6 nitrogen and oxygen atoms in total. The molecule has 1 atom stereocenters. The van der Waals surface area contributed by atoms with E-state index in [1.165, 1.54) is 5.56 Å². The van der Waals surface area contributed by atoms with E-state index >= 15 is 0 Å². The Hall–Kier alpha value is -3.22. The number of hydrogen-bond acceptors (Lipinski definition) is 5. The summed E-state index contributed by atoms with van der Waals surface area (Å²) < 4.78 is 5.35. The lowest BCUT2D eigenvalue weighted by Crippen LogP contribution is -2.46. The fraction of sp³-hybridized carbons (Fsp3) is 0.308. The predicted molar refractivity (Wildman–Crippen MR) is 126 cm³/mol. The Balaban J connectivity index is 1.27. The lowest BCUT2D eigenvalue weighted by atomic mass is 9.99. The Morgan fingerprint density at radius 1 is 1.16 bits per heavy atom. The number of allylic oxidation sites excluding steroid dienone is 1. The molecule has 2 N–H and O–H groups in total. The molecule has 2 aliphatic heterocycles. The molecular weight excluding hydrogens is 400 g/mol. The number of hydrogen-bond donors (Lipinski definition) is 2. The van der Waals surface area contributed by atoms with E-state index in [0.717, 1.165) is 71.8 Å². The first-order valence-corrected chi connectivity index (χ1v) is 11.2. The fourth-order valence-corrected chi connectivity index (χ4v) is 4.68. The van der Waals surface area contributed by atoms with Gasteiger partial charge in [0.15, 0.2) is 0 Å². The highest BCUT2D eigenvalue weighted by Gasteiger charge is 2.27. The van der Waals surface area contributed by atoms with Crippen LogP contribution in [0, 0.1) is 0 Å². The van der Waals surface area contributed by atoms with Crippen LogP contribution in [0.4, 0.5) is 5.69 Å². The molecule has 5 rings (SSSR count). The number of amides is 1. The average Bonchev–Trinajstić information content (AvgIpc) is 3.42. The first-order valence-electron chi connectivity index (χ1n) is 11.2. The Labute approximate surface area is 188 Å². The van der Waals surface area contributed by atoms with Gasteiger partial charge in [-0.3, -0.25) is 9.69 Å². The first kappa shape index (κ1) is 20.7. The Morgan fingerprint density at radius 2 is 2.00 bits per heavy atom. The number of piperazine rings is 1. The van der Waals surface area contributed by atoms with Crippen LogP contribution >= 0.6 is 0 Å². The van der Waals surface area contributed by atoms with Crippen LogP contribution in [0.2, 0.25) is 0 Å². The summed E-state index contributed by atoms with van der Waals surface area (Å²) in [7, 11) is 0. The average molecular weight is 429 g/mol. The number of carbonyl (C=O) groups excluding carboxylic acids is 1. The standard InChI is InChI=1S/C26H28N4O2/c1-17(2)24-20-14-18(8-9-22(20)28-26(24)31)10-12-30-13-11-27-23(15-30)25-21(16-32-29-25)19-6-4-3-5-7-19/h3-9,14,16,23,27H,10-13,15H2,1-2H3,(H,28,31). The Kier molecular flexibility index (Phi) is 5.64. The molecule has 1 fully saturated rings. The van der Waals surface area contributed by atoms with Gasteiger partial charge in [-0.15, -0.1) is 0 Å². The molecule has 2 aromatic carbocycles. The largest absolute Gasteiger partial charge is 0.364 e. The number of nitrogens with zero attached hydrogens (tertiary/aromatic N) is 2. The second kappa shape index (κ2) is 8.73. The summed E-state index contributed by atoms with van der Waals surface area (Å²) in [6.07, 6.45) is 2.68. The zero-order valence-corrected chi connectivity index (χ0v) is 18.5. The molecule has 164 valence electrons. The van der Waals surface area contributed by atoms with Gasteiger partial charge >= 0.3 is 0 Å². The summed E-state index contributed by atoms with van der Waals surface area (Å²) in [5.41, 5.74) is 8.19. The van der Waals surface area contributed by atoms with Gasteiger partial charge in [0.2, 0.25) is 0 Å². The van der Waals surface area contributed by atoms with Crippen molar-refractivity contribution in [1.29, 1.82) is 0 Å². The van der Waals surface area contributed by atoms with E-state index < -0.39 is 0 Å². The highest BCUT2D eigenvalue weighted by Crippen LogP contribution is 2.34.